The van der Waals surface area contributed by atoms with E-state index in [1.807, 2.05) is 6.92 Å². The summed E-state index contributed by atoms with van der Waals surface area (Å²) in [5, 5.41) is 4.90. The van der Waals surface area contributed by atoms with Gasteiger partial charge in [0.15, 0.2) is 5.11 Å². The fourth-order valence-corrected chi connectivity index (χ4v) is 3.54. The number of aryl methyl sites for hydroxylation is 1. The minimum atomic E-state index is -4.98. The summed E-state index contributed by atoms with van der Waals surface area (Å²) >= 11 is 6.15. The van der Waals surface area contributed by atoms with Crippen molar-refractivity contribution in [2.75, 3.05) is 17.7 Å². The molecule has 2 N–H and O–H groups in total. The molecule has 158 valence electrons. The van der Waals surface area contributed by atoms with Crippen LogP contribution >= 0.6 is 23.6 Å². The average molecular weight is 456 g/mol. The molecule has 4 nitrogen and oxygen atoms in total. The monoisotopic (exact) mass is 456 g/mol. The fraction of sp³-hybridized carbons (Fsp3) is 0.294. The Kier molecular flexibility index (Phi) is 6.78. The number of thiocarbonyl (C=S) groups is 1. The van der Waals surface area contributed by atoms with Crippen molar-refractivity contribution in [1.29, 1.82) is 0 Å². The molecule has 2 rings (SSSR count). The van der Waals surface area contributed by atoms with Gasteiger partial charge in [0.05, 0.1) is 23.8 Å². The Morgan fingerprint density at radius 1 is 1.03 bits per heavy atom. The standard InChI is InChI=1S/C17H14F6N2O2S2/c1-3-11-7-12(14(26)27-2)13(29-11)25-15(28)24-10-5-8(16(18,19)20)4-9(6-10)17(21,22)23/h4-7H,3H2,1-2H3,(H2,24,25,28). The third-order valence-electron chi connectivity index (χ3n) is 3.61. The first-order chi connectivity index (χ1) is 13.3. The molecule has 2 aromatic rings. The van der Waals surface area contributed by atoms with E-state index in [2.05, 4.69) is 15.4 Å². The summed E-state index contributed by atoms with van der Waals surface area (Å²) in [6.07, 6.45) is -9.36. The normalized spacial score (nSPS) is 11.9. The lowest BCUT2D eigenvalue weighted by molar-refractivity contribution is -0.143. The second-order valence-electron chi connectivity index (χ2n) is 5.67. The van der Waals surface area contributed by atoms with Gasteiger partial charge in [0.1, 0.15) is 5.00 Å². The highest BCUT2D eigenvalue weighted by Gasteiger charge is 2.37. The zero-order valence-electron chi connectivity index (χ0n) is 14.9. The van der Waals surface area contributed by atoms with Gasteiger partial charge in [-0.15, -0.1) is 11.3 Å². The van der Waals surface area contributed by atoms with Gasteiger partial charge in [-0.2, -0.15) is 26.3 Å². The summed E-state index contributed by atoms with van der Waals surface area (Å²) in [5.41, 5.74) is -3.30. The van der Waals surface area contributed by atoms with Crippen LogP contribution in [0.3, 0.4) is 0 Å². The molecule has 0 aliphatic carbocycles. The minimum absolute atomic E-state index is 0.0177. The lowest BCUT2D eigenvalue weighted by Crippen LogP contribution is -2.21. The van der Waals surface area contributed by atoms with Gasteiger partial charge in [-0.25, -0.2) is 4.79 Å². The van der Waals surface area contributed by atoms with Crippen molar-refractivity contribution in [1.82, 2.24) is 0 Å². The zero-order chi connectivity index (χ0) is 22.0. The molecule has 29 heavy (non-hydrogen) atoms. The van der Waals surface area contributed by atoms with Crippen LogP contribution in [0.1, 0.15) is 33.3 Å². The number of esters is 1. The number of nitrogens with one attached hydrogen (secondary N) is 2. The Labute approximate surface area is 170 Å². The molecule has 0 saturated carbocycles. The van der Waals surface area contributed by atoms with Gasteiger partial charge < -0.3 is 15.4 Å². The van der Waals surface area contributed by atoms with Crippen molar-refractivity contribution in [2.24, 2.45) is 0 Å². The third-order valence-corrected chi connectivity index (χ3v) is 5.01. The Hall–Kier alpha value is -2.34. The number of rotatable bonds is 4. The molecule has 1 heterocycles. The number of methoxy groups -OCH3 is 1. The maximum Gasteiger partial charge on any atom is 0.416 e. The van der Waals surface area contributed by atoms with E-state index in [4.69, 9.17) is 12.2 Å². The summed E-state index contributed by atoms with van der Waals surface area (Å²) in [7, 11) is 1.17. The largest absolute Gasteiger partial charge is 0.465 e. The van der Waals surface area contributed by atoms with Gasteiger partial charge >= 0.3 is 18.3 Å². The maximum absolute atomic E-state index is 12.9. The van der Waals surface area contributed by atoms with Crippen LogP contribution in [-0.4, -0.2) is 18.2 Å². The summed E-state index contributed by atoms with van der Waals surface area (Å²) in [5.74, 6) is -0.662. The van der Waals surface area contributed by atoms with Crippen LogP contribution in [0.15, 0.2) is 24.3 Å². The van der Waals surface area contributed by atoms with E-state index in [0.717, 1.165) is 16.2 Å². The predicted molar refractivity (Wildman–Crippen MR) is 101 cm³/mol. The minimum Gasteiger partial charge on any atom is -0.465 e. The van der Waals surface area contributed by atoms with Crippen LogP contribution in [0.25, 0.3) is 0 Å². The summed E-state index contributed by atoms with van der Waals surface area (Å²) in [4.78, 5) is 12.6. The van der Waals surface area contributed by atoms with E-state index in [0.29, 0.717) is 18.6 Å². The molecule has 0 unspecified atom stereocenters. The van der Waals surface area contributed by atoms with E-state index in [-0.39, 0.29) is 21.7 Å². The Morgan fingerprint density at radius 3 is 2.03 bits per heavy atom. The molecule has 1 aromatic carbocycles. The highest BCUT2D eigenvalue weighted by Crippen LogP contribution is 2.37. The van der Waals surface area contributed by atoms with Crippen LogP contribution in [0.5, 0.6) is 0 Å². The molecule has 0 bridgehead atoms. The van der Waals surface area contributed by atoms with Gasteiger partial charge in [0.25, 0.3) is 0 Å². The summed E-state index contributed by atoms with van der Waals surface area (Å²) in [6, 6.07) is 2.60. The van der Waals surface area contributed by atoms with Gasteiger partial charge in [-0.1, -0.05) is 6.92 Å². The van der Waals surface area contributed by atoms with Crippen molar-refractivity contribution in [2.45, 2.75) is 25.7 Å². The first kappa shape index (κ1) is 22.9. The Balaban J connectivity index is 2.32. The number of hydrogen-bond donors (Lipinski definition) is 2. The van der Waals surface area contributed by atoms with E-state index in [9.17, 15) is 31.1 Å². The maximum atomic E-state index is 12.9. The van der Waals surface area contributed by atoms with Crippen molar-refractivity contribution >= 4 is 45.3 Å². The van der Waals surface area contributed by atoms with Crippen molar-refractivity contribution < 1.29 is 35.9 Å². The van der Waals surface area contributed by atoms with Gasteiger partial charge in [-0.05, 0) is 42.9 Å². The lowest BCUT2D eigenvalue weighted by Gasteiger charge is -2.16. The van der Waals surface area contributed by atoms with E-state index in [1.54, 1.807) is 6.07 Å². The average Bonchev–Trinajstić information content (AvgIpc) is 3.02. The highest BCUT2D eigenvalue weighted by atomic mass is 32.1. The predicted octanol–water partition coefficient (Wildman–Crippen LogP) is 5.94. The molecule has 0 radical (unpaired) electrons. The second-order valence-corrected chi connectivity index (χ2v) is 7.22. The summed E-state index contributed by atoms with van der Waals surface area (Å²) in [6.45, 7) is 1.84. The SMILES string of the molecule is CCc1cc(C(=O)OC)c(NC(=S)Nc2cc(C(F)(F)F)cc(C(F)(F)F)c2)s1. The lowest BCUT2D eigenvalue weighted by atomic mass is 10.1. The second kappa shape index (κ2) is 8.57. The van der Waals surface area contributed by atoms with E-state index in [1.165, 1.54) is 7.11 Å². The van der Waals surface area contributed by atoms with Crippen LogP contribution < -0.4 is 10.6 Å². The van der Waals surface area contributed by atoms with Gasteiger partial charge in [-0.3, -0.25) is 0 Å². The number of anilines is 2. The van der Waals surface area contributed by atoms with Crippen LogP contribution in [0.2, 0.25) is 0 Å². The number of halogens is 6. The smallest absolute Gasteiger partial charge is 0.416 e. The number of alkyl halides is 6. The summed E-state index contributed by atoms with van der Waals surface area (Å²) < 4.78 is 82.4. The number of ether oxygens (including phenoxy) is 1. The first-order valence-corrected chi connectivity index (χ1v) is 9.16. The molecular weight excluding hydrogens is 442 g/mol. The van der Waals surface area contributed by atoms with E-state index >= 15 is 0 Å². The number of thiophene rings is 1. The van der Waals surface area contributed by atoms with Crippen molar-refractivity contribution in [3.05, 3.63) is 45.8 Å². The number of carbonyl (C=O) groups excluding carboxylic acids is 1. The van der Waals surface area contributed by atoms with E-state index < -0.39 is 35.1 Å². The van der Waals surface area contributed by atoms with Crippen LogP contribution in [-0.2, 0) is 23.5 Å². The Morgan fingerprint density at radius 2 is 1.59 bits per heavy atom. The number of hydrogen-bond acceptors (Lipinski definition) is 4. The molecule has 0 spiro atoms. The highest BCUT2D eigenvalue weighted by molar-refractivity contribution is 7.80. The van der Waals surface area contributed by atoms with Crippen molar-refractivity contribution in [3.63, 3.8) is 0 Å². The number of carbonyl (C=O) groups is 1. The van der Waals surface area contributed by atoms with Crippen molar-refractivity contribution in [3.8, 4) is 0 Å². The Bertz CT molecular complexity index is 889. The van der Waals surface area contributed by atoms with Gasteiger partial charge in [0.2, 0.25) is 0 Å². The molecule has 12 heteroatoms. The van der Waals surface area contributed by atoms with Crippen LogP contribution in [0.4, 0.5) is 37.0 Å². The topological polar surface area (TPSA) is 50.4 Å². The zero-order valence-corrected chi connectivity index (χ0v) is 16.6. The third kappa shape index (κ3) is 5.82. The van der Waals surface area contributed by atoms with Crippen LogP contribution in [0, 0.1) is 0 Å². The molecule has 1 aromatic heterocycles. The first-order valence-electron chi connectivity index (χ1n) is 7.93. The molecule has 0 aliphatic rings. The molecule has 0 fully saturated rings. The molecule has 0 amide bonds. The quantitative estimate of drug-likeness (QED) is 0.339. The van der Waals surface area contributed by atoms with Gasteiger partial charge in [0, 0.05) is 10.6 Å². The molecular formula is C17H14F6N2O2S2. The fourth-order valence-electron chi connectivity index (χ4n) is 2.26. The molecule has 0 atom stereocenters. The molecule has 0 saturated heterocycles. The number of benzene rings is 1. The molecule has 0 aliphatic heterocycles.